The Balaban J connectivity index is 1.49. The number of aryl methyl sites for hydroxylation is 2. The summed E-state index contributed by atoms with van der Waals surface area (Å²) < 4.78 is 2.41. The first-order chi connectivity index (χ1) is 11.7. The predicted molar refractivity (Wildman–Crippen MR) is 93.3 cm³/mol. The molecule has 2 aliphatic heterocycles. The maximum absolute atomic E-state index is 4.56. The molecule has 0 saturated carbocycles. The molecule has 2 aliphatic rings. The van der Waals surface area contributed by atoms with Crippen molar-refractivity contribution in [3.05, 3.63) is 29.0 Å². The third kappa shape index (κ3) is 2.78. The van der Waals surface area contributed by atoms with Crippen LogP contribution in [0, 0.1) is 13.8 Å². The van der Waals surface area contributed by atoms with E-state index in [1.807, 2.05) is 6.20 Å². The van der Waals surface area contributed by atoms with Crippen LogP contribution in [0.5, 0.6) is 0 Å². The molecule has 4 heterocycles. The van der Waals surface area contributed by atoms with Crippen molar-refractivity contribution in [2.75, 3.05) is 18.0 Å². The Kier molecular flexibility index (Phi) is 4.21. The van der Waals surface area contributed by atoms with Crippen LogP contribution in [0.2, 0.25) is 0 Å². The van der Waals surface area contributed by atoms with Crippen molar-refractivity contribution in [2.45, 2.75) is 64.8 Å². The number of fused-ring (bicyclic) bond motifs is 1. The molecule has 1 saturated heterocycles. The molecule has 0 atom stereocenters. The molecule has 0 aliphatic carbocycles. The lowest BCUT2D eigenvalue weighted by molar-refractivity contribution is 0.457. The van der Waals surface area contributed by atoms with Gasteiger partial charge in [-0.05, 0) is 50.7 Å². The molecule has 0 spiro atoms. The van der Waals surface area contributed by atoms with E-state index in [0.717, 1.165) is 44.7 Å². The van der Waals surface area contributed by atoms with Gasteiger partial charge in [0.15, 0.2) is 5.82 Å². The van der Waals surface area contributed by atoms with Crippen molar-refractivity contribution in [3.8, 4) is 0 Å². The van der Waals surface area contributed by atoms with Crippen molar-refractivity contribution >= 4 is 5.82 Å². The van der Waals surface area contributed by atoms with Crippen LogP contribution in [0.1, 0.15) is 60.8 Å². The van der Waals surface area contributed by atoms with Gasteiger partial charge < -0.3 is 9.47 Å². The lowest BCUT2D eigenvalue weighted by Gasteiger charge is -2.33. The smallest absolute Gasteiger partial charge is 0.154 e. The minimum Gasteiger partial charge on any atom is -0.355 e. The quantitative estimate of drug-likeness (QED) is 0.849. The highest BCUT2D eigenvalue weighted by atomic mass is 15.3. The third-order valence-corrected chi connectivity index (χ3v) is 5.63. The molecule has 0 aromatic carbocycles. The number of rotatable bonds is 2. The number of hydrogen-bond acceptors (Lipinski definition) is 5. The van der Waals surface area contributed by atoms with Gasteiger partial charge in [-0.1, -0.05) is 6.42 Å². The van der Waals surface area contributed by atoms with Gasteiger partial charge in [0.05, 0.1) is 6.20 Å². The van der Waals surface area contributed by atoms with E-state index in [4.69, 9.17) is 0 Å². The van der Waals surface area contributed by atoms with E-state index >= 15 is 0 Å². The van der Waals surface area contributed by atoms with Gasteiger partial charge in [-0.25, -0.2) is 0 Å². The summed E-state index contributed by atoms with van der Waals surface area (Å²) in [6, 6.07) is 0. The Labute approximate surface area is 143 Å². The molecular weight excluding hydrogens is 300 g/mol. The molecule has 0 amide bonds. The molecule has 1 fully saturated rings. The molecule has 0 N–H and O–H groups in total. The lowest BCUT2D eigenvalue weighted by atomic mass is 9.95. The van der Waals surface area contributed by atoms with Crippen molar-refractivity contribution in [2.24, 2.45) is 0 Å². The fourth-order valence-corrected chi connectivity index (χ4v) is 3.98. The van der Waals surface area contributed by atoms with E-state index in [1.165, 1.54) is 42.0 Å². The van der Waals surface area contributed by atoms with Gasteiger partial charge in [0.1, 0.15) is 11.6 Å². The average molecular weight is 326 g/mol. The molecule has 0 radical (unpaired) electrons. The number of aromatic nitrogens is 5. The van der Waals surface area contributed by atoms with E-state index in [0.29, 0.717) is 5.92 Å². The monoisotopic (exact) mass is 326 g/mol. The Bertz CT molecular complexity index is 714. The highest BCUT2D eigenvalue weighted by molar-refractivity contribution is 5.48. The Morgan fingerprint density at radius 3 is 2.62 bits per heavy atom. The predicted octanol–water partition coefficient (Wildman–Crippen LogP) is 2.80. The van der Waals surface area contributed by atoms with Crippen molar-refractivity contribution < 1.29 is 0 Å². The zero-order valence-corrected chi connectivity index (χ0v) is 14.7. The molecule has 24 heavy (non-hydrogen) atoms. The van der Waals surface area contributed by atoms with Crippen LogP contribution in [-0.4, -0.2) is 38.1 Å². The Morgan fingerprint density at radius 1 is 0.958 bits per heavy atom. The van der Waals surface area contributed by atoms with Gasteiger partial charge in [0.2, 0.25) is 0 Å². The summed E-state index contributed by atoms with van der Waals surface area (Å²) in [5.41, 5.74) is 2.46. The Hall–Kier alpha value is -1.98. The van der Waals surface area contributed by atoms with E-state index in [1.54, 1.807) is 0 Å². The molecule has 128 valence electrons. The number of anilines is 1. The highest BCUT2D eigenvalue weighted by Gasteiger charge is 2.27. The fraction of sp³-hybridized carbons (Fsp3) is 0.667. The summed E-state index contributed by atoms with van der Waals surface area (Å²) in [5, 5.41) is 17.5. The van der Waals surface area contributed by atoms with Crippen molar-refractivity contribution in [1.82, 2.24) is 25.0 Å². The lowest BCUT2D eigenvalue weighted by Crippen LogP contribution is -2.35. The van der Waals surface area contributed by atoms with Gasteiger partial charge in [-0.3, -0.25) is 0 Å². The maximum Gasteiger partial charge on any atom is 0.154 e. The van der Waals surface area contributed by atoms with Gasteiger partial charge in [-0.15, -0.1) is 15.3 Å². The Morgan fingerprint density at radius 2 is 1.79 bits per heavy atom. The first-order valence-corrected chi connectivity index (χ1v) is 9.20. The van der Waals surface area contributed by atoms with E-state index in [2.05, 4.69) is 43.7 Å². The summed E-state index contributed by atoms with van der Waals surface area (Å²) in [6.07, 6.45) is 8.99. The molecule has 6 nitrogen and oxygen atoms in total. The van der Waals surface area contributed by atoms with Crippen LogP contribution >= 0.6 is 0 Å². The van der Waals surface area contributed by atoms with Crippen LogP contribution in [0.3, 0.4) is 0 Å². The third-order valence-electron chi connectivity index (χ3n) is 5.63. The van der Waals surface area contributed by atoms with Crippen molar-refractivity contribution in [3.63, 3.8) is 0 Å². The van der Waals surface area contributed by atoms with Crippen LogP contribution < -0.4 is 4.90 Å². The summed E-state index contributed by atoms with van der Waals surface area (Å²) in [4.78, 5) is 2.38. The van der Waals surface area contributed by atoms with E-state index in [-0.39, 0.29) is 0 Å². The average Bonchev–Trinajstić information content (AvgIpc) is 2.86. The maximum atomic E-state index is 4.56. The summed E-state index contributed by atoms with van der Waals surface area (Å²) in [7, 11) is 0. The molecule has 0 unspecified atom stereocenters. The normalized spacial score (nSPS) is 19.2. The molecular formula is C18H26N6. The molecule has 6 heteroatoms. The second-order valence-corrected chi connectivity index (χ2v) is 7.17. The first-order valence-electron chi connectivity index (χ1n) is 9.20. The molecule has 0 bridgehead atoms. The minimum atomic E-state index is 0.527. The number of hydrogen-bond donors (Lipinski definition) is 0. The summed E-state index contributed by atoms with van der Waals surface area (Å²) in [6.45, 7) is 7.38. The first kappa shape index (κ1) is 15.5. The summed E-state index contributed by atoms with van der Waals surface area (Å²) in [5.74, 6) is 4.00. The minimum absolute atomic E-state index is 0.527. The van der Waals surface area contributed by atoms with Gasteiger partial charge >= 0.3 is 0 Å². The number of piperidine rings is 1. The fourth-order valence-electron chi connectivity index (χ4n) is 3.98. The SMILES string of the molecule is Cc1cnnc(N2CCC(c3nnc4n3CCCCC4)CC2)c1C. The van der Waals surface area contributed by atoms with Gasteiger partial charge in [-0.2, -0.15) is 5.10 Å². The van der Waals surface area contributed by atoms with Crippen LogP contribution in [0.4, 0.5) is 5.82 Å². The second kappa shape index (κ2) is 6.49. The topological polar surface area (TPSA) is 59.7 Å². The van der Waals surface area contributed by atoms with Gasteiger partial charge in [0, 0.05) is 32.0 Å². The van der Waals surface area contributed by atoms with Crippen molar-refractivity contribution in [1.29, 1.82) is 0 Å². The van der Waals surface area contributed by atoms with Crippen LogP contribution in [-0.2, 0) is 13.0 Å². The second-order valence-electron chi connectivity index (χ2n) is 7.17. The van der Waals surface area contributed by atoms with Crippen LogP contribution in [0.15, 0.2) is 6.20 Å². The zero-order valence-electron chi connectivity index (χ0n) is 14.7. The van der Waals surface area contributed by atoms with E-state index in [9.17, 15) is 0 Å². The number of nitrogens with zero attached hydrogens (tertiary/aromatic N) is 6. The summed E-state index contributed by atoms with van der Waals surface area (Å²) >= 11 is 0. The molecule has 2 aromatic heterocycles. The largest absolute Gasteiger partial charge is 0.355 e. The van der Waals surface area contributed by atoms with E-state index < -0.39 is 0 Å². The van der Waals surface area contributed by atoms with Crippen LogP contribution in [0.25, 0.3) is 0 Å². The molecule has 2 aromatic rings. The standard InChI is InChI=1S/C18H26N6/c1-13-12-19-21-17(14(13)2)23-10-7-15(8-11-23)18-22-20-16-6-4-3-5-9-24(16)18/h12,15H,3-11H2,1-2H3. The van der Waals surface area contributed by atoms with Gasteiger partial charge in [0.25, 0.3) is 0 Å². The highest BCUT2D eigenvalue weighted by Crippen LogP contribution is 2.31. The molecule has 4 rings (SSSR count). The zero-order chi connectivity index (χ0) is 16.5.